The van der Waals surface area contributed by atoms with Gasteiger partial charge < -0.3 is 5.11 Å². The topological polar surface area (TPSA) is 20.2 Å². The highest BCUT2D eigenvalue weighted by molar-refractivity contribution is 7.99. The van der Waals surface area contributed by atoms with Gasteiger partial charge in [0.2, 0.25) is 0 Å². The molecule has 13 heavy (non-hydrogen) atoms. The summed E-state index contributed by atoms with van der Waals surface area (Å²) >= 11 is 1.63. The molecule has 0 aliphatic rings. The van der Waals surface area contributed by atoms with E-state index in [0.717, 1.165) is 17.1 Å². The summed E-state index contributed by atoms with van der Waals surface area (Å²) in [6, 6.07) is 7.38. The van der Waals surface area contributed by atoms with E-state index in [1.54, 1.807) is 17.8 Å². The summed E-state index contributed by atoms with van der Waals surface area (Å²) in [6.07, 6.45) is 1.00. The molecule has 0 spiro atoms. The third-order valence-electron chi connectivity index (χ3n) is 1.80. The number of rotatable bonds is 4. The SMILES string of the molecule is C=C(CC)CSc1ccccc1O. The molecular weight excluding hydrogens is 180 g/mol. The molecule has 0 aromatic heterocycles. The van der Waals surface area contributed by atoms with Crippen LogP contribution in [-0.2, 0) is 0 Å². The summed E-state index contributed by atoms with van der Waals surface area (Å²) in [7, 11) is 0. The molecule has 0 bridgehead atoms. The number of aromatic hydroxyl groups is 1. The van der Waals surface area contributed by atoms with E-state index in [9.17, 15) is 5.11 Å². The molecule has 1 nitrogen and oxygen atoms in total. The average molecular weight is 194 g/mol. The first kappa shape index (κ1) is 10.2. The van der Waals surface area contributed by atoms with E-state index < -0.39 is 0 Å². The van der Waals surface area contributed by atoms with Gasteiger partial charge in [0.1, 0.15) is 5.75 Å². The molecule has 0 radical (unpaired) electrons. The maximum Gasteiger partial charge on any atom is 0.129 e. The lowest BCUT2D eigenvalue weighted by atomic mass is 10.3. The van der Waals surface area contributed by atoms with Gasteiger partial charge >= 0.3 is 0 Å². The fourth-order valence-corrected chi connectivity index (χ4v) is 1.82. The van der Waals surface area contributed by atoms with Crippen LogP contribution in [0, 0.1) is 0 Å². The normalized spacial score (nSPS) is 9.92. The quantitative estimate of drug-likeness (QED) is 0.585. The fraction of sp³-hybridized carbons (Fsp3) is 0.273. The van der Waals surface area contributed by atoms with Gasteiger partial charge in [-0.1, -0.05) is 31.2 Å². The maximum atomic E-state index is 9.45. The fourth-order valence-electron chi connectivity index (χ4n) is 0.861. The minimum Gasteiger partial charge on any atom is -0.507 e. The molecule has 70 valence electrons. The minimum absolute atomic E-state index is 0.358. The van der Waals surface area contributed by atoms with Crippen molar-refractivity contribution in [2.75, 3.05) is 5.75 Å². The van der Waals surface area contributed by atoms with Crippen molar-refractivity contribution in [3.05, 3.63) is 36.4 Å². The van der Waals surface area contributed by atoms with Crippen molar-refractivity contribution in [3.63, 3.8) is 0 Å². The van der Waals surface area contributed by atoms with Crippen molar-refractivity contribution < 1.29 is 5.11 Å². The highest BCUT2D eigenvalue weighted by Crippen LogP contribution is 2.28. The molecule has 1 N–H and O–H groups in total. The minimum atomic E-state index is 0.358. The van der Waals surface area contributed by atoms with Crippen LogP contribution >= 0.6 is 11.8 Å². The molecule has 0 saturated carbocycles. The Morgan fingerprint density at radius 3 is 2.77 bits per heavy atom. The van der Waals surface area contributed by atoms with Gasteiger partial charge in [-0.3, -0.25) is 0 Å². The van der Waals surface area contributed by atoms with E-state index in [1.807, 2.05) is 18.2 Å². The van der Waals surface area contributed by atoms with Crippen molar-refractivity contribution in [1.29, 1.82) is 0 Å². The third-order valence-corrected chi connectivity index (χ3v) is 3.01. The van der Waals surface area contributed by atoms with Crippen LogP contribution in [0.2, 0.25) is 0 Å². The van der Waals surface area contributed by atoms with Crippen LogP contribution in [0.15, 0.2) is 41.3 Å². The molecule has 2 heteroatoms. The lowest BCUT2D eigenvalue weighted by Gasteiger charge is -2.04. The van der Waals surface area contributed by atoms with Crippen LogP contribution < -0.4 is 0 Å². The smallest absolute Gasteiger partial charge is 0.129 e. The van der Waals surface area contributed by atoms with Gasteiger partial charge in [-0.15, -0.1) is 11.8 Å². The van der Waals surface area contributed by atoms with E-state index in [4.69, 9.17) is 0 Å². The van der Waals surface area contributed by atoms with Crippen LogP contribution in [0.3, 0.4) is 0 Å². The van der Waals surface area contributed by atoms with Crippen molar-refractivity contribution in [2.45, 2.75) is 18.2 Å². The number of para-hydroxylation sites is 1. The predicted octanol–water partition coefficient (Wildman–Crippen LogP) is 3.45. The van der Waals surface area contributed by atoms with Gasteiger partial charge in [-0.05, 0) is 18.6 Å². The number of thioether (sulfide) groups is 1. The van der Waals surface area contributed by atoms with Gasteiger partial charge in [0.25, 0.3) is 0 Å². The van der Waals surface area contributed by atoms with Crippen molar-refractivity contribution in [1.82, 2.24) is 0 Å². The van der Waals surface area contributed by atoms with Crippen molar-refractivity contribution in [3.8, 4) is 5.75 Å². The maximum absolute atomic E-state index is 9.45. The molecule has 0 aliphatic carbocycles. The number of hydrogen-bond acceptors (Lipinski definition) is 2. The molecule has 1 aromatic rings. The standard InChI is InChI=1S/C11H14OS/c1-3-9(2)8-13-11-7-5-4-6-10(11)12/h4-7,12H,2-3,8H2,1H3. The predicted molar refractivity (Wildman–Crippen MR) is 58.3 cm³/mol. The van der Waals surface area contributed by atoms with Crippen molar-refractivity contribution in [2.24, 2.45) is 0 Å². The zero-order chi connectivity index (χ0) is 9.68. The molecule has 0 amide bonds. The van der Waals surface area contributed by atoms with Crippen LogP contribution in [0.25, 0.3) is 0 Å². The Morgan fingerprint density at radius 1 is 1.46 bits per heavy atom. The first-order valence-corrected chi connectivity index (χ1v) is 5.30. The zero-order valence-electron chi connectivity index (χ0n) is 7.79. The Labute approximate surface area is 83.5 Å². The Morgan fingerprint density at radius 2 is 2.15 bits per heavy atom. The molecule has 0 heterocycles. The van der Waals surface area contributed by atoms with Gasteiger partial charge in [-0.2, -0.15) is 0 Å². The molecular formula is C11H14OS. The molecule has 1 aromatic carbocycles. The van der Waals surface area contributed by atoms with E-state index in [1.165, 1.54) is 5.57 Å². The second kappa shape index (κ2) is 4.97. The lowest BCUT2D eigenvalue weighted by molar-refractivity contribution is 0.462. The van der Waals surface area contributed by atoms with Crippen LogP contribution in [0.5, 0.6) is 5.75 Å². The van der Waals surface area contributed by atoms with Gasteiger partial charge in [0, 0.05) is 10.6 Å². The zero-order valence-corrected chi connectivity index (χ0v) is 8.60. The van der Waals surface area contributed by atoms with E-state index >= 15 is 0 Å². The Balaban J connectivity index is 2.54. The second-order valence-electron chi connectivity index (χ2n) is 2.86. The Kier molecular flexibility index (Phi) is 3.90. The summed E-state index contributed by atoms with van der Waals surface area (Å²) in [5.41, 5.74) is 1.20. The number of benzene rings is 1. The summed E-state index contributed by atoms with van der Waals surface area (Å²) in [5, 5.41) is 9.45. The van der Waals surface area contributed by atoms with E-state index in [2.05, 4.69) is 13.5 Å². The molecule has 0 fully saturated rings. The first-order valence-electron chi connectivity index (χ1n) is 4.31. The van der Waals surface area contributed by atoms with Gasteiger partial charge in [-0.25, -0.2) is 0 Å². The number of phenolic OH excluding ortho intramolecular Hbond substituents is 1. The Bertz CT molecular complexity index is 294. The highest BCUT2D eigenvalue weighted by atomic mass is 32.2. The molecule has 0 saturated heterocycles. The van der Waals surface area contributed by atoms with Gasteiger partial charge in [0.15, 0.2) is 0 Å². The molecule has 1 rings (SSSR count). The third kappa shape index (κ3) is 3.15. The molecule has 0 atom stereocenters. The summed E-state index contributed by atoms with van der Waals surface area (Å²) in [4.78, 5) is 0.928. The van der Waals surface area contributed by atoms with Gasteiger partial charge in [0.05, 0.1) is 0 Å². The Hall–Kier alpha value is -0.890. The monoisotopic (exact) mass is 194 g/mol. The highest BCUT2D eigenvalue weighted by Gasteiger charge is 2.00. The molecule has 0 unspecified atom stereocenters. The summed E-state index contributed by atoms with van der Waals surface area (Å²) in [5.74, 6) is 1.24. The number of hydrogen-bond donors (Lipinski definition) is 1. The van der Waals surface area contributed by atoms with Crippen LogP contribution in [-0.4, -0.2) is 10.9 Å². The average Bonchev–Trinajstić information content (AvgIpc) is 2.16. The lowest BCUT2D eigenvalue weighted by Crippen LogP contribution is -1.83. The van der Waals surface area contributed by atoms with Crippen LogP contribution in [0.4, 0.5) is 0 Å². The second-order valence-corrected chi connectivity index (χ2v) is 3.88. The summed E-state index contributed by atoms with van der Waals surface area (Å²) in [6.45, 7) is 6.01. The van der Waals surface area contributed by atoms with Crippen LogP contribution in [0.1, 0.15) is 13.3 Å². The van der Waals surface area contributed by atoms with Crippen molar-refractivity contribution >= 4 is 11.8 Å². The number of phenols is 1. The largest absolute Gasteiger partial charge is 0.507 e. The van der Waals surface area contributed by atoms with E-state index in [-0.39, 0.29) is 0 Å². The first-order chi connectivity index (χ1) is 6.24. The van der Waals surface area contributed by atoms with E-state index in [0.29, 0.717) is 5.75 Å². The summed E-state index contributed by atoms with van der Waals surface area (Å²) < 4.78 is 0. The molecule has 0 aliphatic heterocycles.